The van der Waals surface area contributed by atoms with E-state index in [0.717, 1.165) is 29.1 Å². The summed E-state index contributed by atoms with van der Waals surface area (Å²) in [4.78, 5) is 18.7. The fourth-order valence-corrected chi connectivity index (χ4v) is 3.24. The van der Waals surface area contributed by atoms with E-state index < -0.39 is 0 Å². The molecule has 4 rings (SSSR count). The van der Waals surface area contributed by atoms with Gasteiger partial charge in [0.15, 0.2) is 0 Å². The van der Waals surface area contributed by atoms with E-state index in [1.165, 1.54) is 12.1 Å². The normalized spacial score (nSPS) is 16.1. The van der Waals surface area contributed by atoms with Crippen LogP contribution in [0.2, 0.25) is 0 Å². The van der Waals surface area contributed by atoms with Crippen molar-refractivity contribution in [2.24, 2.45) is 4.99 Å². The lowest BCUT2D eigenvalue weighted by atomic mass is 10.0. The number of isocyanates is 1. The van der Waals surface area contributed by atoms with Gasteiger partial charge in [-0.15, -0.1) is 0 Å². The second-order valence-corrected chi connectivity index (χ2v) is 5.90. The summed E-state index contributed by atoms with van der Waals surface area (Å²) >= 11 is 0. The molecule has 2 heterocycles. The Kier molecular flexibility index (Phi) is 3.98. The number of aromatic nitrogens is 2. The average Bonchev–Trinajstić information content (AvgIpc) is 3.07. The van der Waals surface area contributed by atoms with E-state index in [1.54, 1.807) is 24.3 Å². The van der Waals surface area contributed by atoms with Gasteiger partial charge in [0.05, 0.1) is 29.4 Å². The largest absolute Gasteiger partial charge is 0.324 e. The van der Waals surface area contributed by atoms with Gasteiger partial charge >= 0.3 is 0 Å². The molecule has 0 bridgehead atoms. The van der Waals surface area contributed by atoms with Crippen LogP contribution in [-0.2, 0) is 11.3 Å². The van der Waals surface area contributed by atoms with Crippen LogP contribution in [-0.4, -0.2) is 22.2 Å². The SMILES string of the molecule is O=C=Nc1cccc(C2CNCc3c(-c4ccc(F)cc4)ncn32)c1. The number of halogens is 1. The number of carbonyl (C=O) groups excluding carboxylic acids is 1. The van der Waals surface area contributed by atoms with Crippen LogP contribution in [0.3, 0.4) is 0 Å². The van der Waals surface area contributed by atoms with E-state index in [0.29, 0.717) is 12.2 Å². The van der Waals surface area contributed by atoms with Gasteiger partial charge in [0.25, 0.3) is 0 Å². The molecule has 0 aliphatic carbocycles. The summed E-state index contributed by atoms with van der Waals surface area (Å²) in [6.45, 7) is 1.44. The molecule has 5 nitrogen and oxygen atoms in total. The van der Waals surface area contributed by atoms with E-state index in [-0.39, 0.29) is 11.9 Å². The van der Waals surface area contributed by atoms with Crippen LogP contribution >= 0.6 is 0 Å². The summed E-state index contributed by atoms with van der Waals surface area (Å²) in [7, 11) is 0. The molecular weight excluding hydrogens is 319 g/mol. The minimum Gasteiger partial charge on any atom is -0.324 e. The third kappa shape index (κ3) is 2.89. The minimum absolute atomic E-state index is 0.0484. The maximum Gasteiger partial charge on any atom is 0.240 e. The van der Waals surface area contributed by atoms with Crippen LogP contribution < -0.4 is 5.32 Å². The number of nitrogens with one attached hydrogen (secondary N) is 1. The van der Waals surface area contributed by atoms with Crippen molar-refractivity contribution in [3.63, 3.8) is 0 Å². The predicted octanol–water partition coefficient (Wildman–Crippen LogP) is 3.35. The van der Waals surface area contributed by atoms with Crippen molar-refractivity contribution in [1.82, 2.24) is 14.9 Å². The summed E-state index contributed by atoms with van der Waals surface area (Å²) in [6, 6.07) is 13.9. The van der Waals surface area contributed by atoms with Crippen molar-refractivity contribution in [2.45, 2.75) is 12.6 Å². The first kappa shape index (κ1) is 15.4. The summed E-state index contributed by atoms with van der Waals surface area (Å²) < 4.78 is 15.3. The van der Waals surface area contributed by atoms with Gasteiger partial charge in [-0.05, 0) is 42.0 Å². The van der Waals surface area contributed by atoms with Crippen molar-refractivity contribution < 1.29 is 9.18 Å². The molecule has 1 unspecified atom stereocenters. The molecule has 124 valence electrons. The van der Waals surface area contributed by atoms with Crippen LogP contribution in [0.4, 0.5) is 10.1 Å². The molecule has 0 saturated heterocycles. The van der Waals surface area contributed by atoms with E-state index in [2.05, 4.69) is 19.9 Å². The zero-order valence-corrected chi connectivity index (χ0v) is 13.3. The smallest absolute Gasteiger partial charge is 0.240 e. The second-order valence-electron chi connectivity index (χ2n) is 5.90. The standard InChI is InChI=1S/C19H15FN4O/c20-15-6-4-13(5-7-15)19-18-10-21-9-17(24(18)11-22-19)14-2-1-3-16(8-14)23-12-25/h1-8,11,17,21H,9-10H2. The Hall–Kier alpha value is -3.08. The predicted molar refractivity (Wildman–Crippen MR) is 91.7 cm³/mol. The zero-order valence-electron chi connectivity index (χ0n) is 13.3. The fraction of sp³-hybridized carbons (Fsp3) is 0.158. The van der Waals surface area contributed by atoms with Gasteiger partial charge in [0, 0.05) is 18.7 Å². The molecule has 1 aliphatic heterocycles. The molecule has 1 atom stereocenters. The highest BCUT2D eigenvalue weighted by Gasteiger charge is 2.24. The lowest BCUT2D eigenvalue weighted by Gasteiger charge is -2.27. The lowest BCUT2D eigenvalue weighted by Crippen LogP contribution is -2.33. The van der Waals surface area contributed by atoms with Gasteiger partial charge in [-0.25, -0.2) is 14.2 Å². The molecule has 2 aromatic carbocycles. The number of rotatable bonds is 3. The van der Waals surface area contributed by atoms with Crippen molar-refractivity contribution >= 4 is 11.8 Å². The van der Waals surface area contributed by atoms with E-state index in [1.807, 2.05) is 24.5 Å². The molecule has 0 fully saturated rings. The number of fused-ring (bicyclic) bond motifs is 1. The monoisotopic (exact) mass is 334 g/mol. The molecule has 1 aromatic heterocycles. The van der Waals surface area contributed by atoms with Crippen molar-refractivity contribution in [1.29, 1.82) is 0 Å². The minimum atomic E-state index is -0.264. The topological polar surface area (TPSA) is 59.3 Å². The Balaban J connectivity index is 1.75. The highest BCUT2D eigenvalue weighted by Crippen LogP contribution is 2.31. The van der Waals surface area contributed by atoms with E-state index >= 15 is 0 Å². The maximum absolute atomic E-state index is 13.2. The molecule has 0 spiro atoms. The third-order valence-corrected chi connectivity index (χ3v) is 4.41. The molecule has 25 heavy (non-hydrogen) atoms. The molecule has 1 aliphatic rings. The number of hydrogen-bond acceptors (Lipinski definition) is 4. The summed E-state index contributed by atoms with van der Waals surface area (Å²) in [5.41, 5.74) is 4.40. The molecule has 6 heteroatoms. The number of aliphatic imine (C=N–C) groups is 1. The van der Waals surface area contributed by atoms with Crippen molar-refractivity contribution in [3.8, 4) is 11.3 Å². The number of benzene rings is 2. The molecule has 0 radical (unpaired) electrons. The van der Waals surface area contributed by atoms with Crippen LogP contribution in [0.15, 0.2) is 59.9 Å². The van der Waals surface area contributed by atoms with Crippen molar-refractivity contribution in [3.05, 3.63) is 71.9 Å². The molecule has 0 saturated carbocycles. The van der Waals surface area contributed by atoms with E-state index in [4.69, 9.17) is 0 Å². The summed E-state index contributed by atoms with van der Waals surface area (Å²) in [5, 5.41) is 3.41. The fourth-order valence-electron chi connectivity index (χ4n) is 3.24. The van der Waals surface area contributed by atoms with Crippen LogP contribution in [0.25, 0.3) is 11.3 Å². The van der Waals surface area contributed by atoms with E-state index in [9.17, 15) is 9.18 Å². The summed E-state index contributed by atoms with van der Waals surface area (Å²) in [5.74, 6) is -0.264. The van der Waals surface area contributed by atoms with Gasteiger partial charge in [0.1, 0.15) is 5.82 Å². The number of hydrogen-bond donors (Lipinski definition) is 1. The van der Waals surface area contributed by atoms with Crippen LogP contribution in [0.1, 0.15) is 17.3 Å². The number of nitrogens with zero attached hydrogens (tertiary/aromatic N) is 3. The van der Waals surface area contributed by atoms with Gasteiger partial charge in [-0.3, -0.25) is 0 Å². The Morgan fingerprint density at radius 3 is 2.88 bits per heavy atom. The highest BCUT2D eigenvalue weighted by atomic mass is 19.1. The molecule has 3 aromatic rings. The Labute approximate surface area is 143 Å². The van der Waals surface area contributed by atoms with Gasteiger partial charge < -0.3 is 9.88 Å². The lowest BCUT2D eigenvalue weighted by molar-refractivity contribution is 0.452. The first-order valence-corrected chi connectivity index (χ1v) is 7.96. The average molecular weight is 334 g/mol. The Bertz CT molecular complexity index is 958. The van der Waals surface area contributed by atoms with Crippen molar-refractivity contribution in [2.75, 3.05) is 6.54 Å². The molecule has 0 amide bonds. The molecular formula is C19H15FN4O. The van der Waals surface area contributed by atoms with Crippen LogP contribution in [0, 0.1) is 5.82 Å². The van der Waals surface area contributed by atoms with Gasteiger partial charge in [-0.2, -0.15) is 4.99 Å². The molecule has 1 N–H and O–H groups in total. The highest BCUT2D eigenvalue weighted by molar-refractivity contribution is 5.62. The Morgan fingerprint density at radius 2 is 2.08 bits per heavy atom. The van der Waals surface area contributed by atoms with Gasteiger partial charge in [-0.1, -0.05) is 12.1 Å². The third-order valence-electron chi connectivity index (χ3n) is 4.41. The number of imidazole rings is 1. The second kappa shape index (κ2) is 6.43. The van der Waals surface area contributed by atoms with Crippen LogP contribution in [0.5, 0.6) is 0 Å². The zero-order chi connectivity index (χ0) is 17.2. The first-order chi connectivity index (χ1) is 12.3. The van der Waals surface area contributed by atoms with Gasteiger partial charge in [0.2, 0.25) is 6.08 Å². The summed E-state index contributed by atoms with van der Waals surface area (Å²) in [6.07, 6.45) is 3.39. The maximum atomic E-state index is 13.2. The first-order valence-electron chi connectivity index (χ1n) is 7.96. The quantitative estimate of drug-likeness (QED) is 0.590. The Morgan fingerprint density at radius 1 is 1.24 bits per heavy atom.